The molecule has 11 heteroatoms. The molecule has 4 heterocycles. The number of sulfonamides is 1. The van der Waals surface area contributed by atoms with Gasteiger partial charge in [0.15, 0.2) is 0 Å². The van der Waals surface area contributed by atoms with Gasteiger partial charge in [0.25, 0.3) is 5.91 Å². The summed E-state index contributed by atoms with van der Waals surface area (Å²) in [5, 5.41) is -0.00484. The Morgan fingerprint density at radius 1 is 1.04 bits per heavy atom. The maximum atomic E-state index is 13.6. The van der Waals surface area contributed by atoms with Crippen molar-refractivity contribution in [2.75, 3.05) is 64.4 Å². The minimum Gasteiger partial charge on any atom is -0.490 e. The number of benzene rings is 2. The van der Waals surface area contributed by atoms with Crippen LogP contribution in [0.5, 0.6) is 5.75 Å². The zero-order valence-corrected chi connectivity index (χ0v) is 31.1. The molecule has 2 aromatic rings. The van der Waals surface area contributed by atoms with Crippen LogP contribution in [0, 0.1) is 17.8 Å². The predicted octanol–water partition coefficient (Wildman–Crippen LogP) is 5.27. The molecule has 1 amide bonds. The van der Waals surface area contributed by atoms with Crippen LogP contribution in [-0.2, 0) is 26.6 Å². The fourth-order valence-electron chi connectivity index (χ4n) is 9.71. The summed E-state index contributed by atoms with van der Waals surface area (Å²) in [4.78, 5) is 21.1. The van der Waals surface area contributed by atoms with Gasteiger partial charge in [-0.05, 0) is 112 Å². The number of fused-ring (bicyclic) bond motifs is 6. The molecule has 2 aliphatic carbocycles. The molecule has 0 aromatic heterocycles. The van der Waals surface area contributed by atoms with Crippen molar-refractivity contribution in [2.24, 2.45) is 17.8 Å². The summed E-state index contributed by atoms with van der Waals surface area (Å²) in [6.45, 7) is 10.3. The summed E-state index contributed by atoms with van der Waals surface area (Å²) in [6.07, 6.45) is 10.2. The van der Waals surface area contributed by atoms with Gasteiger partial charge < -0.3 is 19.3 Å². The maximum Gasteiger partial charge on any atom is 0.264 e. The number of anilines is 1. The van der Waals surface area contributed by atoms with Crippen molar-refractivity contribution >= 4 is 33.2 Å². The smallest absolute Gasteiger partial charge is 0.264 e. The minimum atomic E-state index is -3.93. The molecule has 270 valence electrons. The molecule has 1 saturated carbocycles. The van der Waals surface area contributed by atoms with Gasteiger partial charge in [0.2, 0.25) is 10.0 Å². The van der Waals surface area contributed by atoms with Crippen molar-refractivity contribution in [1.29, 1.82) is 0 Å². The Kier molecular flexibility index (Phi) is 9.03. The molecule has 8 rings (SSSR count). The summed E-state index contributed by atoms with van der Waals surface area (Å²) in [5.41, 5.74) is 3.05. The first kappa shape index (κ1) is 34.5. The SMILES string of the molecule is C[C@@H]1[C@@H](C)C/C=C\[C@]2(CN3CCN(C)C[C@H]3CO2)[C@@H]2CC[C@H]2CN2C[C@@]3(CCCc4cc(Cl)ccc43)COc3ccc(cc32)C(=O)NS1(=O)=O. The second kappa shape index (κ2) is 13.1. The van der Waals surface area contributed by atoms with Crippen LogP contribution in [0.15, 0.2) is 48.6 Å². The Hall–Kier alpha value is -2.63. The van der Waals surface area contributed by atoms with Gasteiger partial charge in [-0.3, -0.25) is 9.69 Å². The third-order valence-electron chi connectivity index (χ3n) is 13.0. The lowest BCUT2D eigenvalue weighted by molar-refractivity contribution is -0.173. The lowest BCUT2D eigenvalue weighted by Gasteiger charge is -2.56. The lowest BCUT2D eigenvalue weighted by atomic mass is 9.63. The summed E-state index contributed by atoms with van der Waals surface area (Å²) in [7, 11) is -1.74. The van der Waals surface area contributed by atoms with E-state index in [9.17, 15) is 13.2 Å². The van der Waals surface area contributed by atoms with E-state index in [0.717, 1.165) is 87.8 Å². The van der Waals surface area contributed by atoms with E-state index < -0.39 is 26.8 Å². The number of morpholine rings is 1. The van der Waals surface area contributed by atoms with E-state index in [1.807, 2.05) is 25.1 Å². The average Bonchev–Trinajstić information content (AvgIpc) is 3.22. The number of likely N-dealkylation sites (N-methyl/N-ethyl adjacent to an activating group) is 1. The standard InChI is InChI=1S/C39H51ClN4O5S/c1-26-6-4-15-39(24-43-17-16-42(3)21-32(43)22-49-39)34-11-8-30(34)20-44-23-38(14-5-7-28-18-31(40)10-12-33(28)38)25-48-36-13-9-29(19-35(36)44)37(45)41-50(46,47)27(26)2/h4,9-10,12-13,15,18-19,26-27,30,32,34H,5-8,11,14,16-17,20-25H2,1-3H3,(H,41,45)/b15-4-/t26-,27+,30-,32-,34+,38-,39-/m0/s1. The number of ether oxygens (including phenoxy) is 2. The molecule has 1 N–H and O–H groups in total. The molecule has 7 atom stereocenters. The van der Waals surface area contributed by atoms with Crippen LogP contribution in [0.4, 0.5) is 5.69 Å². The topological polar surface area (TPSA) is 91.4 Å². The van der Waals surface area contributed by atoms with Crippen molar-refractivity contribution in [2.45, 2.75) is 74.7 Å². The third-order valence-corrected chi connectivity index (χ3v) is 15.2. The highest BCUT2D eigenvalue weighted by Crippen LogP contribution is 2.50. The largest absolute Gasteiger partial charge is 0.490 e. The van der Waals surface area contributed by atoms with Crippen molar-refractivity contribution in [1.82, 2.24) is 14.5 Å². The van der Waals surface area contributed by atoms with Gasteiger partial charge in [-0.2, -0.15) is 0 Å². The summed E-state index contributed by atoms with van der Waals surface area (Å²) >= 11 is 6.49. The normalized spacial score (nSPS) is 36.6. The van der Waals surface area contributed by atoms with E-state index in [-0.39, 0.29) is 11.3 Å². The molecule has 2 spiro atoms. The number of amides is 1. The van der Waals surface area contributed by atoms with Crippen molar-refractivity contribution in [3.63, 3.8) is 0 Å². The maximum absolute atomic E-state index is 13.6. The van der Waals surface area contributed by atoms with Crippen LogP contribution in [0.1, 0.15) is 67.4 Å². The fourth-order valence-corrected chi connectivity index (χ4v) is 11.2. The fraction of sp³-hybridized carbons (Fsp3) is 0.615. The van der Waals surface area contributed by atoms with E-state index in [0.29, 0.717) is 43.1 Å². The molecule has 2 saturated heterocycles. The van der Waals surface area contributed by atoms with E-state index >= 15 is 0 Å². The molecule has 4 aliphatic heterocycles. The Morgan fingerprint density at radius 3 is 2.72 bits per heavy atom. The third kappa shape index (κ3) is 6.16. The number of rotatable bonds is 0. The Labute approximate surface area is 302 Å². The number of carbonyl (C=O) groups excluding carboxylic acids is 1. The van der Waals surface area contributed by atoms with Crippen LogP contribution in [0.25, 0.3) is 0 Å². The molecule has 0 unspecified atom stereocenters. The first-order valence-electron chi connectivity index (χ1n) is 18.6. The molecule has 2 aromatic carbocycles. The van der Waals surface area contributed by atoms with Crippen LogP contribution >= 0.6 is 11.6 Å². The number of allylic oxidation sites excluding steroid dienone is 1. The molecule has 3 fully saturated rings. The van der Waals surface area contributed by atoms with Crippen molar-refractivity contribution < 1.29 is 22.7 Å². The second-order valence-corrected chi connectivity index (χ2v) is 18.7. The number of aryl methyl sites for hydroxylation is 1. The zero-order chi connectivity index (χ0) is 34.8. The van der Waals surface area contributed by atoms with Gasteiger partial charge in [0, 0.05) is 61.3 Å². The zero-order valence-electron chi connectivity index (χ0n) is 29.6. The Bertz CT molecular complexity index is 1790. The lowest BCUT2D eigenvalue weighted by Crippen LogP contribution is -2.66. The Balaban J connectivity index is 1.21. The van der Waals surface area contributed by atoms with Crippen LogP contribution in [0.2, 0.25) is 5.02 Å². The van der Waals surface area contributed by atoms with Gasteiger partial charge in [-0.25, -0.2) is 13.1 Å². The highest BCUT2D eigenvalue weighted by Gasteiger charge is 2.52. The molecular weight excluding hydrogens is 672 g/mol. The van der Waals surface area contributed by atoms with Crippen LogP contribution < -0.4 is 14.4 Å². The average molecular weight is 723 g/mol. The Morgan fingerprint density at radius 2 is 1.90 bits per heavy atom. The van der Waals surface area contributed by atoms with Gasteiger partial charge in [-0.15, -0.1) is 0 Å². The highest BCUT2D eigenvalue weighted by molar-refractivity contribution is 7.90. The first-order chi connectivity index (χ1) is 24.0. The summed E-state index contributed by atoms with van der Waals surface area (Å²) in [6, 6.07) is 12.1. The quantitative estimate of drug-likeness (QED) is 0.368. The van der Waals surface area contributed by atoms with Gasteiger partial charge >= 0.3 is 0 Å². The number of nitrogens with zero attached hydrogens (tertiary/aromatic N) is 3. The first-order valence-corrected chi connectivity index (χ1v) is 20.5. The van der Waals surface area contributed by atoms with E-state index in [2.05, 4.69) is 50.8 Å². The number of hydrogen-bond acceptors (Lipinski definition) is 8. The number of carbonyl (C=O) groups is 1. The highest BCUT2D eigenvalue weighted by atomic mass is 35.5. The van der Waals surface area contributed by atoms with Gasteiger partial charge in [0.1, 0.15) is 11.4 Å². The van der Waals surface area contributed by atoms with Crippen molar-refractivity contribution in [3.05, 3.63) is 70.3 Å². The van der Waals surface area contributed by atoms with Crippen LogP contribution in [-0.4, -0.2) is 101 Å². The summed E-state index contributed by atoms with van der Waals surface area (Å²) in [5.74, 6) is 0.617. The molecule has 50 heavy (non-hydrogen) atoms. The number of halogens is 1. The van der Waals surface area contributed by atoms with Gasteiger partial charge in [-0.1, -0.05) is 36.7 Å². The number of piperazine rings is 1. The van der Waals surface area contributed by atoms with E-state index in [4.69, 9.17) is 21.1 Å². The van der Waals surface area contributed by atoms with E-state index in [1.165, 1.54) is 11.1 Å². The van der Waals surface area contributed by atoms with Crippen LogP contribution in [0.3, 0.4) is 0 Å². The molecule has 9 nitrogen and oxygen atoms in total. The molecular formula is C39H51ClN4O5S. The molecule has 0 radical (unpaired) electrons. The number of hydrogen-bond donors (Lipinski definition) is 1. The monoisotopic (exact) mass is 722 g/mol. The van der Waals surface area contributed by atoms with Gasteiger partial charge in [0.05, 0.1) is 24.2 Å². The molecule has 6 aliphatic rings. The minimum absolute atomic E-state index is 0.195. The van der Waals surface area contributed by atoms with Crippen molar-refractivity contribution in [3.8, 4) is 5.75 Å². The summed E-state index contributed by atoms with van der Waals surface area (Å²) < 4.78 is 43.2. The van der Waals surface area contributed by atoms with E-state index in [1.54, 1.807) is 13.0 Å². The number of nitrogens with one attached hydrogen (secondary N) is 1. The second-order valence-electron chi connectivity index (χ2n) is 16.2. The predicted molar refractivity (Wildman–Crippen MR) is 197 cm³/mol. The molecule has 2 bridgehead atoms.